The molecule has 1 aliphatic rings. The largest absolute Gasteiger partial charge is 0.317 e. The zero-order valence-corrected chi connectivity index (χ0v) is 14.0. The molecule has 0 bridgehead atoms. The van der Waals surface area contributed by atoms with Crippen molar-refractivity contribution < 1.29 is 0 Å². The van der Waals surface area contributed by atoms with Crippen LogP contribution in [0, 0.1) is 24.7 Å². The lowest BCUT2D eigenvalue weighted by Crippen LogP contribution is -2.33. The number of aromatic nitrogens is 2. The zero-order valence-electron chi connectivity index (χ0n) is 13.2. The summed E-state index contributed by atoms with van der Waals surface area (Å²) in [5.74, 6) is 2.36. The first-order chi connectivity index (χ1) is 9.52. The van der Waals surface area contributed by atoms with Crippen molar-refractivity contribution in [1.82, 2.24) is 15.1 Å². The Kier molecular flexibility index (Phi) is 5.50. The summed E-state index contributed by atoms with van der Waals surface area (Å²) in [5, 5.41) is 8.80. The molecule has 1 saturated carbocycles. The molecule has 0 spiro atoms. The van der Waals surface area contributed by atoms with E-state index in [1.807, 2.05) is 7.05 Å². The molecular formula is C16H28ClN3. The molecule has 0 amide bonds. The minimum atomic E-state index is 0.734. The van der Waals surface area contributed by atoms with E-state index < -0.39 is 0 Å². The Labute approximate surface area is 128 Å². The average molecular weight is 298 g/mol. The topological polar surface area (TPSA) is 29.9 Å². The third-order valence-electron chi connectivity index (χ3n) is 4.79. The first-order valence-corrected chi connectivity index (χ1v) is 8.29. The summed E-state index contributed by atoms with van der Waals surface area (Å²) < 4.78 is 1.80. The van der Waals surface area contributed by atoms with Gasteiger partial charge < -0.3 is 5.32 Å². The molecule has 1 heterocycles. The van der Waals surface area contributed by atoms with E-state index in [4.69, 9.17) is 11.6 Å². The molecule has 114 valence electrons. The third kappa shape index (κ3) is 3.56. The van der Waals surface area contributed by atoms with Crippen LogP contribution >= 0.6 is 11.6 Å². The Hall–Kier alpha value is -0.540. The predicted octanol–water partition coefficient (Wildman–Crippen LogP) is 3.59. The highest BCUT2D eigenvalue weighted by Crippen LogP contribution is 2.37. The van der Waals surface area contributed by atoms with Crippen LogP contribution in [-0.2, 0) is 13.5 Å². The fourth-order valence-corrected chi connectivity index (χ4v) is 3.83. The van der Waals surface area contributed by atoms with Crippen LogP contribution in [0.15, 0.2) is 0 Å². The fraction of sp³-hybridized carbons (Fsp3) is 0.812. The molecule has 1 aliphatic carbocycles. The lowest BCUT2D eigenvalue weighted by Gasteiger charge is -2.35. The molecule has 1 N–H and O–H groups in total. The van der Waals surface area contributed by atoms with E-state index in [1.165, 1.54) is 24.8 Å². The third-order valence-corrected chi connectivity index (χ3v) is 5.27. The van der Waals surface area contributed by atoms with Crippen LogP contribution in [0.4, 0.5) is 0 Å². The second-order valence-corrected chi connectivity index (χ2v) is 6.79. The summed E-state index contributed by atoms with van der Waals surface area (Å²) >= 11 is 6.41. The Morgan fingerprint density at radius 2 is 2.10 bits per heavy atom. The molecule has 0 aliphatic heterocycles. The number of nitrogens with one attached hydrogen (secondary N) is 1. The van der Waals surface area contributed by atoms with Gasteiger partial charge in [0.2, 0.25) is 0 Å². The molecule has 3 unspecified atom stereocenters. The van der Waals surface area contributed by atoms with E-state index >= 15 is 0 Å². The second kappa shape index (κ2) is 6.95. The van der Waals surface area contributed by atoms with Crippen LogP contribution in [0.2, 0.25) is 5.15 Å². The van der Waals surface area contributed by atoms with Gasteiger partial charge in [-0.25, -0.2) is 0 Å². The summed E-state index contributed by atoms with van der Waals surface area (Å²) in [4.78, 5) is 0. The smallest absolute Gasteiger partial charge is 0.130 e. The van der Waals surface area contributed by atoms with Gasteiger partial charge in [0.05, 0.1) is 5.69 Å². The van der Waals surface area contributed by atoms with Crippen molar-refractivity contribution in [2.75, 3.05) is 13.1 Å². The maximum atomic E-state index is 6.41. The number of hydrogen-bond acceptors (Lipinski definition) is 2. The van der Waals surface area contributed by atoms with Gasteiger partial charge in [0.15, 0.2) is 0 Å². The van der Waals surface area contributed by atoms with E-state index in [0.29, 0.717) is 0 Å². The lowest BCUT2D eigenvalue weighted by molar-refractivity contribution is 0.184. The van der Waals surface area contributed by atoms with Crippen LogP contribution in [0.5, 0.6) is 0 Å². The Morgan fingerprint density at radius 1 is 1.35 bits per heavy atom. The monoisotopic (exact) mass is 297 g/mol. The van der Waals surface area contributed by atoms with Crippen molar-refractivity contribution in [3.63, 3.8) is 0 Å². The van der Waals surface area contributed by atoms with Gasteiger partial charge in [-0.05, 0) is 57.0 Å². The standard InChI is InChI=1S/C16H28ClN3/c1-5-18-10-13-7-6-11(2)8-14(13)9-15-12(3)19-20(4)16(15)17/h11,13-14,18H,5-10H2,1-4H3. The number of aryl methyl sites for hydroxylation is 2. The molecule has 0 aromatic carbocycles. The Bertz CT molecular complexity index is 439. The fourth-order valence-electron chi connectivity index (χ4n) is 3.58. The van der Waals surface area contributed by atoms with Gasteiger partial charge in [0.25, 0.3) is 0 Å². The van der Waals surface area contributed by atoms with E-state index in [9.17, 15) is 0 Å². The lowest BCUT2D eigenvalue weighted by atomic mass is 9.72. The minimum Gasteiger partial charge on any atom is -0.317 e. The maximum Gasteiger partial charge on any atom is 0.130 e. The van der Waals surface area contributed by atoms with Gasteiger partial charge in [-0.15, -0.1) is 0 Å². The average Bonchev–Trinajstić information content (AvgIpc) is 2.64. The highest BCUT2D eigenvalue weighted by molar-refractivity contribution is 6.30. The van der Waals surface area contributed by atoms with E-state index in [2.05, 4.69) is 31.2 Å². The minimum absolute atomic E-state index is 0.734. The Balaban J connectivity index is 2.10. The van der Waals surface area contributed by atoms with E-state index in [-0.39, 0.29) is 0 Å². The molecule has 1 fully saturated rings. The zero-order chi connectivity index (χ0) is 14.7. The second-order valence-electron chi connectivity index (χ2n) is 6.43. The molecule has 0 radical (unpaired) electrons. The van der Waals surface area contributed by atoms with Crippen molar-refractivity contribution >= 4 is 11.6 Å². The molecule has 3 atom stereocenters. The van der Waals surface area contributed by atoms with Crippen molar-refractivity contribution in [1.29, 1.82) is 0 Å². The molecular weight excluding hydrogens is 270 g/mol. The van der Waals surface area contributed by atoms with E-state index in [1.54, 1.807) is 4.68 Å². The highest BCUT2D eigenvalue weighted by Gasteiger charge is 2.30. The number of rotatable bonds is 5. The molecule has 3 nitrogen and oxygen atoms in total. The maximum absolute atomic E-state index is 6.41. The normalized spacial score (nSPS) is 26.9. The van der Waals surface area contributed by atoms with Gasteiger partial charge in [0, 0.05) is 12.6 Å². The summed E-state index contributed by atoms with van der Waals surface area (Å²) in [6, 6.07) is 0. The first-order valence-electron chi connectivity index (χ1n) is 7.91. The summed E-state index contributed by atoms with van der Waals surface area (Å²) in [6.45, 7) is 8.85. The van der Waals surface area contributed by atoms with Crippen LogP contribution in [0.3, 0.4) is 0 Å². The number of halogens is 1. The van der Waals surface area contributed by atoms with Crippen molar-refractivity contribution in [2.24, 2.45) is 24.8 Å². The Morgan fingerprint density at radius 3 is 2.70 bits per heavy atom. The van der Waals surface area contributed by atoms with Crippen LogP contribution in [-0.4, -0.2) is 22.9 Å². The quantitative estimate of drug-likeness (QED) is 0.900. The van der Waals surface area contributed by atoms with Gasteiger partial charge in [-0.1, -0.05) is 31.9 Å². The van der Waals surface area contributed by atoms with Crippen LogP contribution in [0.1, 0.15) is 44.4 Å². The molecule has 4 heteroatoms. The first kappa shape index (κ1) is 15.8. The van der Waals surface area contributed by atoms with E-state index in [0.717, 1.165) is 48.1 Å². The number of nitrogens with zero attached hydrogens (tertiary/aromatic N) is 2. The van der Waals surface area contributed by atoms with Crippen molar-refractivity contribution in [3.05, 3.63) is 16.4 Å². The molecule has 20 heavy (non-hydrogen) atoms. The van der Waals surface area contributed by atoms with Gasteiger partial charge >= 0.3 is 0 Å². The van der Waals surface area contributed by atoms with Crippen molar-refractivity contribution in [2.45, 2.75) is 46.5 Å². The molecule has 0 saturated heterocycles. The van der Waals surface area contributed by atoms with Crippen molar-refractivity contribution in [3.8, 4) is 0 Å². The number of hydrogen-bond donors (Lipinski definition) is 1. The molecule has 2 rings (SSSR count). The predicted molar refractivity (Wildman–Crippen MR) is 85.2 cm³/mol. The summed E-state index contributed by atoms with van der Waals surface area (Å²) in [5.41, 5.74) is 2.35. The highest BCUT2D eigenvalue weighted by atomic mass is 35.5. The van der Waals surface area contributed by atoms with Gasteiger partial charge in [-0.2, -0.15) is 5.10 Å². The van der Waals surface area contributed by atoms with Crippen LogP contribution in [0.25, 0.3) is 0 Å². The van der Waals surface area contributed by atoms with Gasteiger partial charge in [-0.3, -0.25) is 4.68 Å². The van der Waals surface area contributed by atoms with Gasteiger partial charge in [0.1, 0.15) is 5.15 Å². The molecule has 1 aromatic rings. The van der Waals surface area contributed by atoms with Crippen LogP contribution < -0.4 is 5.32 Å². The molecule has 1 aromatic heterocycles. The summed E-state index contributed by atoms with van der Waals surface area (Å²) in [6.07, 6.45) is 5.11. The summed E-state index contributed by atoms with van der Waals surface area (Å²) in [7, 11) is 1.93. The SMILES string of the molecule is CCNCC1CCC(C)CC1Cc1c(C)nn(C)c1Cl.